The van der Waals surface area contributed by atoms with Crippen molar-refractivity contribution in [3.8, 4) is 0 Å². The van der Waals surface area contributed by atoms with Gasteiger partial charge in [-0.3, -0.25) is 5.32 Å². The van der Waals surface area contributed by atoms with Gasteiger partial charge in [-0.2, -0.15) is 4.98 Å². The lowest BCUT2D eigenvalue weighted by Gasteiger charge is -2.28. The molecular formula is C19H25N5O2. The summed E-state index contributed by atoms with van der Waals surface area (Å²) in [4.78, 5) is 9.30. The summed E-state index contributed by atoms with van der Waals surface area (Å²) in [6, 6.07) is 6.02. The molecule has 4 rings (SSSR count). The third-order valence-electron chi connectivity index (χ3n) is 4.89. The molecule has 1 fully saturated rings. The fourth-order valence-corrected chi connectivity index (χ4v) is 3.40. The molecule has 0 radical (unpaired) electrons. The van der Waals surface area contributed by atoms with Gasteiger partial charge in [-0.05, 0) is 30.9 Å². The van der Waals surface area contributed by atoms with Crippen LogP contribution in [0.15, 0.2) is 35.1 Å². The molecule has 1 aliphatic rings. The summed E-state index contributed by atoms with van der Waals surface area (Å²) in [5.41, 5.74) is 1.95. The molecule has 0 aromatic carbocycles. The van der Waals surface area contributed by atoms with E-state index in [2.05, 4.69) is 40.5 Å². The molecule has 0 bridgehead atoms. The predicted octanol–water partition coefficient (Wildman–Crippen LogP) is 3.10. The second-order valence-electron chi connectivity index (χ2n) is 7.15. The fourth-order valence-electron chi connectivity index (χ4n) is 3.40. The number of nitrogens with zero attached hydrogens (tertiary/aromatic N) is 4. The number of hydrogen-bond donors (Lipinski definition) is 1. The molecule has 0 saturated carbocycles. The first-order valence-electron chi connectivity index (χ1n) is 9.28. The van der Waals surface area contributed by atoms with Crippen LogP contribution in [0.2, 0.25) is 0 Å². The first kappa shape index (κ1) is 17.2. The highest BCUT2D eigenvalue weighted by atomic mass is 16.5. The average molecular weight is 355 g/mol. The average Bonchev–Trinajstić information content (AvgIpc) is 3.29. The van der Waals surface area contributed by atoms with E-state index in [-0.39, 0.29) is 12.0 Å². The number of nitrogens with one attached hydrogen (secondary N) is 1. The number of imidazole rings is 1. The Bertz CT molecular complexity index is 817. The van der Waals surface area contributed by atoms with Crippen LogP contribution in [0, 0.1) is 5.92 Å². The Morgan fingerprint density at radius 1 is 1.23 bits per heavy atom. The van der Waals surface area contributed by atoms with E-state index >= 15 is 0 Å². The summed E-state index contributed by atoms with van der Waals surface area (Å²) in [7, 11) is 0. The van der Waals surface area contributed by atoms with Crippen molar-refractivity contribution in [2.75, 3.05) is 13.2 Å². The second-order valence-corrected chi connectivity index (χ2v) is 7.15. The number of pyridine rings is 1. The largest absolute Gasteiger partial charge is 0.381 e. The van der Waals surface area contributed by atoms with E-state index in [0.29, 0.717) is 18.4 Å². The summed E-state index contributed by atoms with van der Waals surface area (Å²) in [6.45, 7) is 6.36. The third-order valence-corrected chi connectivity index (χ3v) is 4.89. The minimum atomic E-state index is 0.0173. The van der Waals surface area contributed by atoms with E-state index in [9.17, 15) is 0 Å². The van der Waals surface area contributed by atoms with Crippen LogP contribution in [0.1, 0.15) is 56.1 Å². The monoisotopic (exact) mass is 355 g/mol. The Hall–Kier alpha value is -2.25. The molecule has 26 heavy (non-hydrogen) atoms. The van der Waals surface area contributed by atoms with Gasteiger partial charge in [0.15, 0.2) is 5.82 Å². The zero-order valence-corrected chi connectivity index (χ0v) is 15.3. The maximum atomic E-state index is 5.60. The highest BCUT2D eigenvalue weighted by Gasteiger charge is 2.30. The topological polar surface area (TPSA) is 77.5 Å². The molecule has 7 heteroatoms. The lowest BCUT2D eigenvalue weighted by atomic mass is 9.91. The number of aromatic nitrogens is 4. The molecule has 1 saturated heterocycles. The molecule has 138 valence electrons. The Kier molecular flexibility index (Phi) is 4.99. The Labute approximate surface area is 152 Å². The van der Waals surface area contributed by atoms with Crippen molar-refractivity contribution in [1.82, 2.24) is 24.8 Å². The number of fused-ring (bicyclic) bond motifs is 1. The van der Waals surface area contributed by atoms with Gasteiger partial charge in [-0.1, -0.05) is 25.1 Å². The Morgan fingerprint density at radius 3 is 2.81 bits per heavy atom. The van der Waals surface area contributed by atoms with Gasteiger partial charge < -0.3 is 13.7 Å². The van der Waals surface area contributed by atoms with Gasteiger partial charge in [-0.25, -0.2) is 4.98 Å². The fraction of sp³-hybridized carbons (Fsp3) is 0.526. The molecule has 1 atom stereocenters. The molecular weight excluding hydrogens is 330 g/mol. The maximum absolute atomic E-state index is 5.60. The van der Waals surface area contributed by atoms with Crippen LogP contribution >= 0.6 is 0 Å². The van der Waals surface area contributed by atoms with Crippen LogP contribution in [0.4, 0.5) is 0 Å². The minimum absolute atomic E-state index is 0.0173. The quantitative estimate of drug-likeness (QED) is 0.732. The van der Waals surface area contributed by atoms with Gasteiger partial charge in [0, 0.05) is 38.1 Å². The van der Waals surface area contributed by atoms with Gasteiger partial charge in [0.05, 0.1) is 11.7 Å². The van der Waals surface area contributed by atoms with Crippen LogP contribution in [0.25, 0.3) is 5.65 Å². The van der Waals surface area contributed by atoms with Crippen LogP contribution < -0.4 is 5.32 Å². The van der Waals surface area contributed by atoms with Crippen molar-refractivity contribution >= 4 is 5.65 Å². The summed E-state index contributed by atoms with van der Waals surface area (Å²) >= 11 is 0. The van der Waals surface area contributed by atoms with Gasteiger partial charge in [0.1, 0.15) is 5.65 Å². The summed E-state index contributed by atoms with van der Waals surface area (Å²) in [5.74, 6) is 2.10. The summed E-state index contributed by atoms with van der Waals surface area (Å²) < 4.78 is 13.2. The van der Waals surface area contributed by atoms with Crippen LogP contribution in [0.5, 0.6) is 0 Å². The van der Waals surface area contributed by atoms with Crippen LogP contribution in [-0.4, -0.2) is 32.7 Å². The molecule has 0 aliphatic carbocycles. The molecule has 7 nitrogen and oxygen atoms in total. The van der Waals surface area contributed by atoms with Crippen molar-refractivity contribution in [2.45, 2.75) is 45.2 Å². The molecule has 1 unspecified atom stereocenters. The highest BCUT2D eigenvalue weighted by molar-refractivity contribution is 5.39. The van der Waals surface area contributed by atoms with Crippen molar-refractivity contribution in [3.63, 3.8) is 0 Å². The highest BCUT2D eigenvalue weighted by Crippen LogP contribution is 2.30. The lowest BCUT2D eigenvalue weighted by molar-refractivity contribution is 0.0485. The molecule has 3 aromatic heterocycles. The number of ether oxygens (including phenoxy) is 1. The maximum Gasteiger partial charge on any atom is 0.244 e. The van der Waals surface area contributed by atoms with E-state index < -0.39 is 0 Å². The van der Waals surface area contributed by atoms with Crippen molar-refractivity contribution in [2.24, 2.45) is 5.92 Å². The number of rotatable bonds is 6. The normalized spacial score (nSPS) is 17.2. The Morgan fingerprint density at radius 2 is 2.08 bits per heavy atom. The molecule has 1 N–H and O–H groups in total. The minimum Gasteiger partial charge on any atom is -0.381 e. The van der Waals surface area contributed by atoms with Crippen molar-refractivity contribution < 1.29 is 9.26 Å². The van der Waals surface area contributed by atoms with E-state index in [1.165, 1.54) is 0 Å². The zero-order valence-electron chi connectivity index (χ0n) is 15.3. The summed E-state index contributed by atoms with van der Waals surface area (Å²) in [6.07, 6.45) is 6.04. The molecule has 3 aromatic rings. The van der Waals surface area contributed by atoms with Gasteiger partial charge >= 0.3 is 0 Å². The van der Waals surface area contributed by atoms with Crippen LogP contribution in [-0.2, 0) is 11.3 Å². The van der Waals surface area contributed by atoms with Crippen LogP contribution in [0.3, 0.4) is 0 Å². The van der Waals surface area contributed by atoms with Gasteiger partial charge in [0.25, 0.3) is 0 Å². The van der Waals surface area contributed by atoms with E-state index in [1.54, 1.807) is 0 Å². The lowest BCUT2D eigenvalue weighted by Crippen LogP contribution is -2.32. The first-order valence-corrected chi connectivity index (χ1v) is 9.28. The van der Waals surface area contributed by atoms with Gasteiger partial charge in [-0.15, -0.1) is 0 Å². The SMILES string of the molecule is CC(C)c1noc(C(NCc2cn3ccccc3n2)C2CCOCC2)n1. The smallest absolute Gasteiger partial charge is 0.244 e. The number of hydrogen-bond acceptors (Lipinski definition) is 6. The molecule has 1 aliphatic heterocycles. The molecule has 4 heterocycles. The van der Waals surface area contributed by atoms with Crippen molar-refractivity contribution in [3.05, 3.63) is 48.0 Å². The molecule has 0 spiro atoms. The second kappa shape index (κ2) is 7.55. The van der Waals surface area contributed by atoms with Gasteiger partial charge in [0.2, 0.25) is 5.89 Å². The van der Waals surface area contributed by atoms with E-state index in [0.717, 1.165) is 43.2 Å². The summed E-state index contributed by atoms with van der Waals surface area (Å²) in [5, 5.41) is 7.75. The predicted molar refractivity (Wildman–Crippen MR) is 96.7 cm³/mol. The zero-order chi connectivity index (χ0) is 17.9. The third kappa shape index (κ3) is 3.64. The standard InChI is InChI=1S/C19H25N5O2/c1-13(2)18-22-19(26-23-18)17(14-6-9-25-10-7-14)20-11-15-12-24-8-4-3-5-16(24)21-15/h3-5,8,12-14,17,20H,6-7,9-11H2,1-2H3. The van der Waals surface area contributed by atoms with E-state index in [1.807, 2.05) is 28.8 Å². The molecule has 0 amide bonds. The van der Waals surface area contributed by atoms with E-state index in [4.69, 9.17) is 9.26 Å². The Balaban J connectivity index is 1.53. The van der Waals surface area contributed by atoms with Crippen molar-refractivity contribution in [1.29, 1.82) is 0 Å². The first-order chi connectivity index (χ1) is 12.7.